The van der Waals surface area contributed by atoms with Crippen molar-refractivity contribution in [2.75, 3.05) is 17.7 Å². The molecule has 7 aromatic rings. The van der Waals surface area contributed by atoms with Crippen LogP contribution in [0, 0.1) is 0 Å². The largest absolute Gasteiger partial charge is 0.388 e. The van der Waals surface area contributed by atoms with Crippen LogP contribution in [0.15, 0.2) is 189 Å². The summed E-state index contributed by atoms with van der Waals surface area (Å²) in [5.74, 6) is 0. The predicted molar refractivity (Wildman–Crippen MR) is 253 cm³/mol. The lowest BCUT2D eigenvalue weighted by atomic mass is 10.0. The zero-order valence-corrected chi connectivity index (χ0v) is 34.8. The average Bonchev–Trinajstić information content (AvgIpc) is 3.62. The highest BCUT2D eigenvalue weighted by atomic mass is 15.0. The number of para-hydroxylation sites is 2. The van der Waals surface area contributed by atoms with Crippen LogP contribution in [0.4, 0.5) is 17.1 Å². The molecule has 0 saturated carbocycles. The van der Waals surface area contributed by atoms with Crippen molar-refractivity contribution in [2.45, 2.75) is 54.9 Å². The Bertz CT molecular complexity index is 2200. The van der Waals surface area contributed by atoms with Crippen LogP contribution < -0.4 is 10.6 Å². The summed E-state index contributed by atoms with van der Waals surface area (Å²) in [6, 6.07) is 52.9. The summed E-state index contributed by atoms with van der Waals surface area (Å²) in [5.41, 5.74) is 11.2. The molecule has 0 unspecified atom stereocenters. The van der Waals surface area contributed by atoms with E-state index in [1.165, 1.54) is 32.9 Å². The standard InChI is InChI=1S/C32H29N3.C15H14.3C2H6/c1-4-5-6-11-23(2)29-22-26(20-21-30(29)34-25-18-16-24(33-3)17-19-25)35-31-14-9-7-12-27(31)28-13-8-10-15-32(28)35;1-3-8-14(9-4-1)12-7-13-15-10-5-2-6-11-15;3*1-2/h4-22,33-34H,2H2,1,3H3;1-12H,13H2;3*1-2H3/b5-4-,11-6-;12-7+;;;. The van der Waals surface area contributed by atoms with Crippen LogP contribution in [-0.4, -0.2) is 11.6 Å². The third-order valence-corrected chi connectivity index (χ3v) is 8.55. The van der Waals surface area contributed by atoms with Gasteiger partial charge < -0.3 is 15.2 Å². The minimum Gasteiger partial charge on any atom is -0.388 e. The Labute approximate surface area is 337 Å². The van der Waals surface area contributed by atoms with Gasteiger partial charge in [0.05, 0.1) is 11.0 Å². The first-order chi connectivity index (χ1) is 27.6. The smallest absolute Gasteiger partial charge is 0.0541 e. The van der Waals surface area contributed by atoms with Crippen molar-refractivity contribution in [3.63, 3.8) is 0 Å². The third kappa shape index (κ3) is 12.4. The molecule has 0 fully saturated rings. The molecule has 0 aliphatic rings. The number of nitrogens with zero attached hydrogens (tertiary/aromatic N) is 1. The lowest BCUT2D eigenvalue weighted by Crippen LogP contribution is -1.99. The summed E-state index contributed by atoms with van der Waals surface area (Å²) >= 11 is 0. The normalized spacial score (nSPS) is 10.4. The van der Waals surface area contributed by atoms with Crippen molar-refractivity contribution in [3.8, 4) is 5.69 Å². The second-order valence-electron chi connectivity index (χ2n) is 12.0. The Balaban J connectivity index is 0.000000334. The van der Waals surface area contributed by atoms with Crippen LogP contribution in [0.3, 0.4) is 0 Å². The van der Waals surface area contributed by atoms with Crippen LogP contribution in [-0.2, 0) is 6.42 Å². The molecular weight excluding hydrogens is 679 g/mol. The van der Waals surface area contributed by atoms with E-state index in [0.29, 0.717) is 0 Å². The number of hydrogen-bond donors (Lipinski definition) is 2. The lowest BCUT2D eigenvalue weighted by molar-refractivity contribution is 1.18. The molecule has 0 atom stereocenters. The molecule has 0 bridgehead atoms. The van der Waals surface area contributed by atoms with Gasteiger partial charge in [-0.3, -0.25) is 0 Å². The van der Waals surface area contributed by atoms with E-state index in [2.05, 4.69) is 180 Å². The van der Waals surface area contributed by atoms with E-state index in [9.17, 15) is 0 Å². The van der Waals surface area contributed by atoms with Crippen molar-refractivity contribution >= 4 is 50.5 Å². The van der Waals surface area contributed by atoms with Gasteiger partial charge in [0.2, 0.25) is 0 Å². The minimum atomic E-state index is 0.945. The molecule has 0 aliphatic carbocycles. The number of anilines is 3. The first-order valence-corrected chi connectivity index (χ1v) is 20.1. The van der Waals surface area contributed by atoms with E-state index in [4.69, 9.17) is 0 Å². The summed E-state index contributed by atoms with van der Waals surface area (Å²) in [5, 5.41) is 9.27. The Morgan fingerprint density at radius 1 is 0.607 bits per heavy atom. The molecule has 0 spiro atoms. The maximum Gasteiger partial charge on any atom is 0.0541 e. The van der Waals surface area contributed by atoms with Crippen molar-refractivity contribution in [3.05, 3.63) is 205 Å². The highest BCUT2D eigenvalue weighted by molar-refractivity contribution is 6.09. The Morgan fingerprint density at radius 3 is 1.71 bits per heavy atom. The van der Waals surface area contributed by atoms with Gasteiger partial charge >= 0.3 is 0 Å². The average molecular weight is 740 g/mol. The molecule has 6 aromatic carbocycles. The fraction of sp³-hybridized carbons (Fsp3) is 0.170. The number of fused-ring (bicyclic) bond motifs is 3. The quantitative estimate of drug-likeness (QED) is 0.137. The second-order valence-corrected chi connectivity index (χ2v) is 12.0. The molecule has 0 radical (unpaired) electrons. The zero-order chi connectivity index (χ0) is 40.5. The van der Waals surface area contributed by atoms with Gasteiger partial charge in [-0.15, -0.1) is 0 Å². The van der Waals surface area contributed by atoms with Gasteiger partial charge in [0.15, 0.2) is 0 Å². The van der Waals surface area contributed by atoms with Crippen LogP contribution in [0.25, 0.3) is 39.1 Å². The zero-order valence-electron chi connectivity index (χ0n) is 34.8. The third-order valence-electron chi connectivity index (χ3n) is 8.55. The molecule has 7 rings (SSSR count). The Kier molecular flexibility index (Phi) is 19.6. The number of aromatic nitrogens is 1. The van der Waals surface area contributed by atoms with Crippen molar-refractivity contribution in [1.29, 1.82) is 0 Å². The molecule has 3 heteroatoms. The highest BCUT2D eigenvalue weighted by Gasteiger charge is 2.14. The molecule has 1 aromatic heterocycles. The van der Waals surface area contributed by atoms with Crippen molar-refractivity contribution in [1.82, 2.24) is 4.57 Å². The van der Waals surface area contributed by atoms with E-state index in [0.717, 1.165) is 40.3 Å². The maximum absolute atomic E-state index is 4.39. The van der Waals surface area contributed by atoms with Gasteiger partial charge in [-0.05, 0) is 84.6 Å². The van der Waals surface area contributed by atoms with Crippen LogP contribution in [0.5, 0.6) is 0 Å². The summed E-state index contributed by atoms with van der Waals surface area (Å²) < 4.78 is 2.34. The summed E-state index contributed by atoms with van der Waals surface area (Å²) in [6.45, 7) is 18.4. The van der Waals surface area contributed by atoms with Crippen LogP contribution >= 0.6 is 0 Å². The Hall–Kier alpha value is -6.32. The molecule has 1 heterocycles. The highest BCUT2D eigenvalue weighted by Crippen LogP contribution is 2.35. The fourth-order valence-electron chi connectivity index (χ4n) is 6.00. The fourth-order valence-corrected chi connectivity index (χ4v) is 6.00. The monoisotopic (exact) mass is 739 g/mol. The molecule has 0 amide bonds. The molecule has 0 aliphatic heterocycles. The topological polar surface area (TPSA) is 29.0 Å². The van der Waals surface area contributed by atoms with E-state index < -0.39 is 0 Å². The van der Waals surface area contributed by atoms with Gasteiger partial charge in [0.25, 0.3) is 0 Å². The summed E-state index contributed by atoms with van der Waals surface area (Å²) in [7, 11) is 1.93. The van der Waals surface area contributed by atoms with E-state index in [-0.39, 0.29) is 0 Å². The molecule has 0 saturated heterocycles. The van der Waals surface area contributed by atoms with Crippen molar-refractivity contribution < 1.29 is 0 Å². The molecule has 56 heavy (non-hydrogen) atoms. The van der Waals surface area contributed by atoms with Crippen molar-refractivity contribution in [2.24, 2.45) is 0 Å². The van der Waals surface area contributed by atoms with Gasteiger partial charge in [-0.25, -0.2) is 0 Å². The molecule has 3 nitrogen and oxygen atoms in total. The van der Waals surface area contributed by atoms with Gasteiger partial charge in [-0.2, -0.15) is 0 Å². The van der Waals surface area contributed by atoms with E-state index in [1.807, 2.05) is 85.9 Å². The van der Waals surface area contributed by atoms with Gasteiger partial charge in [0, 0.05) is 46.1 Å². The van der Waals surface area contributed by atoms with Gasteiger partial charge in [0.1, 0.15) is 0 Å². The number of allylic oxidation sites excluding steroid dienone is 6. The number of benzene rings is 6. The summed E-state index contributed by atoms with van der Waals surface area (Å²) in [6.07, 6.45) is 13.5. The van der Waals surface area contributed by atoms with Crippen LogP contribution in [0.1, 0.15) is 65.2 Å². The first-order valence-electron chi connectivity index (χ1n) is 20.1. The van der Waals surface area contributed by atoms with E-state index in [1.54, 1.807) is 0 Å². The second kappa shape index (κ2) is 24.9. The van der Waals surface area contributed by atoms with Gasteiger partial charge in [-0.1, -0.05) is 182 Å². The van der Waals surface area contributed by atoms with Crippen LogP contribution in [0.2, 0.25) is 0 Å². The number of nitrogens with one attached hydrogen (secondary N) is 2. The maximum atomic E-state index is 4.39. The minimum absolute atomic E-state index is 0.945. The molecule has 288 valence electrons. The van der Waals surface area contributed by atoms with E-state index >= 15 is 0 Å². The predicted octanol–water partition coefficient (Wildman–Crippen LogP) is 15.7. The molecule has 2 N–H and O–H groups in total. The Morgan fingerprint density at radius 2 is 1.14 bits per heavy atom. The SMILES string of the molecule is C(=C\c1ccccc1)/Cc1ccccc1.C=C(/C=C\C=C/C)c1cc(-n2c3ccccc3c3ccccc32)ccc1Nc1ccc(NC)cc1.CC.CC.CC. The number of hydrogen-bond acceptors (Lipinski definition) is 2. The summed E-state index contributed by atoms with van der Waals surface area (Å²) in [4.78, 5) is 0. The first kappa shape index (κ1) is 44.1. The molecular formula is C53H61N3. The number of rotatable bonds is 10. The lowest BCUT2D eigenvalue weighted by Gasteiger charge is -2.16.